The average Bonchev–Trinajstić information content (AvgIpc) is 3.10. The molecule has 0 atom stereocenters. The molecule has 2 aromatic carbocycles. The summed E-state index contributed by atoms with van der Waals surface area (Å²) in [5, 5.41) is 0. The third kappa shape index (κ3) is 3.88. The summed E-state index contributed by atoms with van der Waals surface area (Å²) in [5.41, 5.74) is 2.02. The summed E-state index contributed by atoms with van der Waals surface area (Å²) in [6.45, 7) is 5.46. The Bertz CT molecular complexity index is 893. The molecule has 0 bridgehead atoms. The van der Waals surface area contributed by atoms with Gasteiger partial charge in [0.1, 0.15) is 22.9 Å². The summed E-state index contributed by atoms with van der Waals surface area (Å²) >= 11 is 0. The zero-order chi connectivity index (χ0) is 20.4. The van der Waals surface area contributed by atoms with Crippen molar-refractivity contribution in [3.63, 3.8) is 0 Å². The average molecular weight is 397 g/mol. The summed E-state index contributed by atoms with van der Waals surface area (Å²) in [6.07, 6.45) is 5.41. The number of benzene rings is 2. The molecule has 1 heterocycles. The second kappa shape index (κ2) is 8.54. The highest BCUT2D eigenvalue weighted by molar-refractivity contribution is 5.96. The van der Waals surface area contributed by atoms with E-state index in [4.69, 9.17) is 9.47 Å². The molecule has 1 aliphatic heterocycles. The van der Waals surface area contributed by atoms with Crippen molar-refractivity contribution in [2.75, 3.05) is 6.61 Å². The standard InChI is InChI=1S/C24H28FNO3/c1-3-4-13-28-23-20-15-26(17-9-8-10-17)14-19(20)22(25)16(2)21(23)24(27)29-18-11-6-5-7-12-18/h5-7,11-12,17H,3-4,8-10,13-15H2,1-2H3. The largest absolute Gasteiger partial charge is 0.492 e. The summed E-state index contributed by atoms with van der Waals surface area (Å²) in [5.74, 6) is 0.0807. The molecule has 0 aromatic heterocycles. The Morgan fingerprint density at radius 2 is 1.90 bits per heavy atom. The maximum atomic E-state index is 15.3. The number of hydrogen-bond donors (Lipinski definition) is 0. The van der Waals surface area contributed by atoms with Gasteiger partial charge in [-0.25, -0.2) is 9.18 Å². The molecule has 0 N–H and O–H groups in total. The van der Waals surface area contributed by atoms with Crippen LogP contribution >= 0.6 is 0 Å². The van der Waals surface area contributed by atoms with Gasteiger partial charge in [-0.05, 0) is 38.3 Å². The van der Waals surface area contributed by atoms with Gasteiger partial charge >= 0.3 is 5.97 Å². The maximum Gasteiger partial charge on any atom is 0.347 e. The van der Waals surface area contributed by atoms with E-state index in [1.165, 1.54) is 6.42 Å². The highest BCUT2D eigenvalue weighted by atomic mass is 19.1. The minimum atomic E-state index is -0.566. The second-order valence-electron chi connectivity index (χ2n) is 7.99. The first-order chi connectivity index (χ1) is 14.1. The summed E-state index contributed by atoms with van der Waals surface area (Å²) in [6, 6.07) is 9.39. The summed E-state index contributed by atoms with van der Waals surface area (Å²) in [7, 11) is 0. The van der Waals surface area contributed by atoms with Crippen LogP contribution in [0.1, 0.15) is 66.1 Å². The van der Waals surface area contributed by atoms with Gasteiger partial charge in [0.25, 0.3) is 0 Å². The zero-order valence-electron chi connectivity index (χ0n) is 17.2. The van der Waals surface area contributed by atoms with Gasteiger partial charge < -0.3 is 9.47 Å². The number of rotatable bonds is 7. The van der Waals surface area contributed by atoms with Gasteiger partial charge in [-0.1, -0.05) is 38.0 Å². The van der Waals surface area contributed by atoms with Gasteiger partial charge in [-0.3, -0.25) is 4.90 Å². The Kier molecular flexibility index (Phi) is 5.86. The number of nitrogens with zero attached hydrogens (tertiary/aromatic N) is 1. The predicted molar refractivity (Wildman–Crippen MR) is 110 cm³/mol. The highest BCUT2D eigenvalue weighted by Gasteiger charge is 2.37. The van der Waals surface area contributed by atoms with Crippen LogP contribution in [0.5, 0.6) is 11.5 Å². The van der Waals surface area contributed by atoms with Crippen LogP contribution in [0.15, 0.2) is 30.3 Å². The first-order valence-electron chi connectivity index (χ1n) is 10.6. The van der Waals surface area contributed by atoms with E-state index < -0.39 is 5.97 Å². The van der Waals surface area contributed by atoms with Crippen LogP contribution in [0.25, 0.3) is 0 Å². The van der Waals surface area contributed by atoms with E-state index in [0.717, 1.165) is 31.2 Å². The van der Waals surface area contributed by atoms with E-state index in [2.05, 4.69) is 11.8 Å². The van der Waals surface area contributed by atoms with E-state index in [9.17, 15) is 4.79 Å². The number of halogens is 1. The van der Waals surface area contributed by atoms with Gasteiger partial charge in [0.2, 0.25) is 0 Å². The maximum absolute atomic E-state index is 15.3. The Labute approximate surface area is 171 Å². The van der Waals surface area contributed by atoms with Crippen LogP contribution in [-0.2, 0) is 13.1 Å². The molecule has 29 heavy (non-hydrogen) atoms. The smallest absolute Gasteiger partial charge is 0.347 e. The number of carbonyl (C=O) groups excluding carboxylic acids is 1. The molecule has 0 saturated heterocycles. The van der Waals surface area contributed by atoms with Gasteiger partial charge in [0.05, 0.1) is 6.61 Å². The van der Waals surface area contributed by atoms with Crippen LogP contribution in [0.3, 0.4) is 0 Å². The number of unbranched alkanes of at least 4 members (excludes halogenated alkanes) is 1. The third-order valence-electron chi connectivity index (χ3n) is 6.05. The lowest BCUT2D eigenvalue weighted by molar-refractivity contribution is 0.0728. The first-order valence-corrected chi connectivity index (χ1v) is 10.6. The first kappa shape index (κ1) is 19.9. The lowest BCUT2D eigenvalue weighted by Gasteiger charge is -2.34. The van der Waals surface area contributed by atoms with Crippen LogP contribution < -0.4 is 9.47 Å². The molecule has 4 rings (SSSR count). The fraction of sp³-hybridized carbons (Fsp3) is 0.458. The van der Waals surface area contributed by atoms with Gasteiger partial charge in [0, 0.05) is 35.8 Å². The number of esters is 1. The Morgan fingerprint density at radius 3 is 2.55 bits per heavy atom. The van der Waals surface area contributed by atoms with E-state index in [0.29, 0.717) is 48.4 Å². The molecule has 1 fully saturated rings. The van der Waals surface area contributed by atoms with Crippen LogP contribution in [0, 0.1) is 12.7 Å². The van der Waals surface area contributed by atoms with E-state index >= 15 is 4.39 Å². The molecule has 4 nitrogen and oxygen atoms in total. The lowest BCUT2D eigenvalue weighted by atomic mass is 9.92. The summed E-state index contributed by atoms with van der Waals surface area (Å²) < 4.78 is 27.0. The Morgan fingerprint density at radius 1 is 1.17 bits per heavy atom. The van der Waals surface area contributed by atoms with Gasteiger partial charge in [-0.2, -0.15) is 0 Å². The number of hydrogen-bond acceptors (Lipinski definition) is 4. The van der Waals surface area contributed by atoms with E-state index in [1.807, 2.05) is 6.07 Å². The number of para-hydroxylation sites is 1. The molecule has 1 aliphatic carbocycles. The number of ether oxygens (including phenoxy) is 2. The van der Waals surface area contributed by atoms with Crippen molar-refractivity contribution < 1.29 is 18.7 Å². The normalized spacial score (nSPS) is 16.4. The van der Waals surface area contributed by atoms with Crippen molar-refractivity contribution in [3.8, 4) is 11.5 Å². The van der Waals surface area contributed by atoms with Crippen molar-refractivity contribution in [1.82, 2.24) is 4.90 Å². The molecule has 2 aliphatic rings. The van der Waals surface area contributed by atoms with Gasteiger partial charge in [-0.15, -0.1) is 0 Å². The van der Waals surface area contributed by atoms with Crippen molar-refractivity contribution >= 4 is 5.97 Å². The lowest BCUT2D eigenvalue weighted by Crippen LogP contribution is -2.36. The Hall–Kier alpha value is -2.40. The van der Waals surface area contributed by atoms with Crippen molar-refractivity contribution in [1.29, 1.82) is 0 Å². The van der Waals surface area contributed by atoms with Crippen LogP contribution in [0.2, 0.25) is 0 Å². The minimum Gasteiger partial charge on any atom is -0.492 e. The summed E-state index contributed by atoms with van der Waals surface area (Å²) in [4.78, 5) is 15.4. The molecule has 0 radical (unpaired) electrons. The van der Waals surface area contributed by atoms with E-state index in [1.54, 1.807) is 31.2 Å². The number of fused-ring (bicyclic) bond motifs is 1. The Balaban J connectivity index is 1.71. The van der Waals surface area contributed by atoms with Crippen LogP contribution in [0.4, 0.5) is 4.39 Å². The fourth-order valence-electron chi connectivity index (χ4n) is 4.10. The predicted octanol–water partition coefficient (Wildman–Crippen LogP) is 5.40. The topological polar surface area (TPSA) is 38.8 Å². The molecule has 0 spiro atoms. The molecule has 0 unspecified atom stereocenters. The molecular formula is C24H28FNO3. The minimum absolute atomic E-state index is 0.219. The monoisotopic (exact) mass is 397 g/mol. The quantitative estimate of drug-likeness (QED) is 0.356. The van der Waals surface area contributed by atoms with Crippen LogP contribution in [-0.4, -0.2) is 23.5 Å². The molecule has 154 valence electrons. The zero-order valence-corrected chi connectivity index (χ0v) is 17.2. The molecule has 1 saturated carbocycles. The molecular weight excluding hydrogens is 369 g/mol. The molecule has 0 amide bonds. The SMILES string of the molecule is CCCCOc1c2c(c(F)c(C)c1C(=O)Oc1ccccc1)CN(C1CCC1)C2. The highest BCUT2D eigenvalue weighted by Crippen LogP contribution is 2.42. The van der Waals surface area contributed by atoms with Crippen molar-refractivity contribution in [2.45, 2.75) is 65.1 Å². The fourth-order valence-corrected chi connectivity index (χ4v) is 4.10. The second-order valence-corrected chi connectivity index (χ2v) is 7.99. The van der Waals surface area contributed by atoms with Crippen molar-refractivity contribution in [3.05, 3.63) is 58.4 Å². The van der Waals surface area contributed by atoms with E-state index in [-0.39, 0.29) is 11.4 Å². The molecule has 2 aromatic rings. The van der Waals surface area contributed by atoms with Gasteiger partial charge in [0.15, 0.2) is 0 Å². The molecule has 5 heteroatoms. The number of carbonyl (C=O) groups is 1. The third-order valence-corrected chi connectivity index (χ3v) is 6.05. The van der Waals surface area contributed by atoms with Crippen molar-refractivity contribution in [2.24, 2.45) is 0 Å².